The van der Waals surface area contributed by atoms with Crippen molar-refractivity contribution in [3.8, 4) is 5.75 Å². The number of thiazole rings is 1. The predicted molar refractivity (Wildman–Crippen MR) is 154 cm³/mol. The van der Waals surface area contributed by atoms with Crippen LogP contribution in [0.5, 0.6) is 5.75 Å². The van der Waals surface area contributed by atoms with Gasteiger partial charge in [0.2, 0.25) is 0 Å². The van der Waals surface area contributed by atoms with Crippen LogP contribution in [0.2, 0.25) is 0 Å². The first kappa shape index (κ1) is 28.6. The first-order valence-corrected chi connectivity index (χ1v) is 14.4. The van der Waals surface area contributed by atoms with E-state index in [1.54, 1.807) is 11.0 Å². The number of aromatic hydroxyl groups is 1. The molecule has 208 valence electrons. The Balaban J connectivity index is 1.45. The first-order chi connectivity index (χ1) is 18.8. The molecule has 8 nitrogen and oxygen atoms in total. The van der Waals surface area contributed by atoms with Gasteiger partial charge in [0.15, 0.2) is 5.78 Å². The van der Waals surface area contributed by atoms with Crippen LogP contribution in [0.1, 0.15) is 56.6 Å². The topological polar surface area (TPSA) is 112 Å². The molecule has 1 unspecified atom stereocenters. The molecular weight excluding hydrogens is 514 g/mol. The summed E-state index contributed by atoms with van der Waals surface area (Å²) in [5, 5.41) is 13.6. The number of ketones is 1. The largest absolute Gasteiger partial charge is 0.506 e. The van der Waals surface area contributed by atoms with Gasteiger partial charge in [0.05, 0.1) is 16.8 Å². The number of nitrogens with one attached hydrogen (secondary N) is 2. The Labute approximate surface area is 232 Å². The Bertz CT molecular complexity index is 1340. The molecule has 4 rings (SSSR count). The fourth-order valence-electron chi connectivity index (χ4n) is 5.27. The molecule has 1 aromatic heterocycles. The van der Waals surface area contributed by atoms with Gasteiger partial charge in [-0.3, -0.25) is 14.5 Å². The van der Waals surface area contributed by atoms with E-state index in [1.165, 1.54) is 12.1 Å². The van der Waals surface area contributed by atoms with Crippen LogP contribution >= 0.6 is 11.3 Å². The zero-order valence-corrected chi connectivity index (χ0v) is 23.2. The highest BCUT2D eigenvalue weighted by molar-refractivity contribution is 7.16. The normalized spacial score (nSPS) is 15.8. The van der Waals surface area contributed by atoms with Gasteiger partial charge in [0, 0.05) is 25.6 Å². The SMILES string of the molecule is C=CC(=O)C1(NCC(C)N(Cc2ccccc2)C(=O)OCCc2ccc(O)c3[nH]c(=O)sc23)CCCCCC1. The van der Waals surface area contributed by atoms with E-state index in [9.17, 15) is 19.5 Å². The van der Waals surface area contributed by atoms with Crippen LogP contribution in [0.25, 0.3) is 10.2 Å². The second-order valence-corrected chi connectivity index (χ2v) is 11.2. The first-order valence-electron chi connectivity index (χ1n) is 13.6. The molecule has 39 heavy (non-hydrogen) atoms. The average Bonchev–Trinajstić information content (AvgIpc) is 3.19. The lowest BCUT2D eigenvalue weighted by atomic mass is 9.85. The summed E-state index contributed by atoms with van der Waals surface area (Å²) in [6.45, 7) is 6.62. The minimum atomic E-state index is -0.642. The number of hydrogen-bond acceptors (Lipinski definition) is 7. The number of aromatic nitrogens is 1. The highest BCUT2D eigenvalue weighted by Gasteiger charge is 2.37. The van der Waals surface area contributed by atoms with Crippen molar-refractivity contribution in [3.05, 3.63) is 75.9 Å². The Morgan fingerprint density at radius 2 is 1.90 bits per heavy atom. The second-order valence-electron chi connectivity index (χ2n) is 10.2. The molecule has 0 aliphatic heterocycles. The zero-order valence-electron chi connectivity index (χ0n) is 22.4. The molecule has 3 aromatic rings. The Hall–Kier alpha value is -3.43. The Kier molecular flexibility index (Phi) is 9.59. The highest BCUT2D eigenvalue weighted by atomic mass is 32.1. The van der Waals surface area contributed by atoms with Crippen molar-refractivity contribution in [1.82, 2.24) is 15.2 Å². The van der Waals surface area contributed by atoms with Gasteiger partial charge >= 0.3 is 11.0 Å². The van der Waals surface area contributed by atoms with Crippen molar-refractivity contribution < 1.29 is 19.4 Å². The molecule has 0 saturated heterocycles. The minimum absolute atomic E-state index is 0.0147. The van der Waals surface area contributed by atoms with Crippen molar-refractivity contribution in [2.45, 2.75) is 70.0 Å². The molecule has 1 fully saturated rings. The molecule has 1 atom stereocenters. The molecular formula is C30H37N3O5S. The number of phenolic OH excluding ortho intramolecular Hbond substituents is 1. The standard InChI is InChI=1S/C30H37N3O5S/c1-3-25(35)30(16-9-4-5-10-17-30)31-19-21(2)33(20-22-11-7-6-8-12-22)29(37)38-18-15-23-13-14-24(34)26-27(23)39-28(36)32-26/h3,6-8,11-14,21,31,34H,1,4-5,9-10,15-20H2,2H3,(H,32,36). The molecule has 0 spiro atoms. The quantitative estimate of drug-likeness (QED) is 0.220. The maximum Gasteiger partial charge on any atom is 0.410 e. The zero-order chi connectivity index (χ0) is 27.8. The van der Waals surface area contributed by atoms with Gasteiger partial charge in [0.1, 0.15) is 11.3 Å². The summed E-state index contributed by atoms with van der Waals surface area (Å²) in [7, 11) is 0. The summed E-state index contributed by atoms with van der Waals surface area (Å²) in [4.78, 5) is 42.2. The van der Waals surface area contributed by atoms with Crippen molar-refractivity contribution in [1.29, 1.82) is 0 Å². The fourth-order valence-corrected chi connectivity index (χ4v) is 6.17. The van der Waals surface area contributed by atoms with Gasteiger partial charge in [-0.25, -0.2) is 4.79 Å². The van der Waals surface area contributed by atoms with E-state index in [0.717, 1.165) is 61.0 Å². The van der Waals surface area contributed by atoms with E-state index < -0.39 is 11.6 Å². The van der Waals surface area contributed by atoms with Gasteiger partial charge in [-0.15, -0.1) is 0 Å². The van der Waals surface area contributed by atoms with E-state index in [2.05, 4.69) is 16.9 Å². The van der Waals surface area contributed by atoms with Crippen molar-refractivity contribution >= 4 is 33.4 Å². The van der Waals surface area contributed by atoms with Crippen LogP contribution in [0.4, 0.5) is 4.79 Å². The fraction of sp³-hybridized carbons (Fsp3) is 0.433. The van der Waals surface area contributed by atoms with Crippen LogP contribution < -0.4 is 10.2 Å². The van der Waals surface area contributed by atoms with Crippen LogP contribution in [0, 0.1) is 0 Å². The number of benzene rings is 2. The Morgan fingerprint density at radius 3 is 2.59 bits per heavy atom. The summed E-state index contributed by atoms with van der Waals surface area (Å²) in [5.74, 6) is 0.0295. The molecule has 1 aliphatic carbocycles. The van der Waals surface area contributed by atoms with Crippen molar-refractivity contribution in [2.24, 2.45) is 0 Å². The summed E-state index contributed by atoms with van der Waals surface area (Å²) >= 11 is 1.03. The monoisotopic (exact) mass is 551 g/mol. The number of ether oxygens (including phenoxy) is 1. The lowest BCUT2D eigenvalue weighted by Crippen LogP contribution is -2.55. The van der Waals surface area contributed by atoms with Gasteiger partial charge in [0.25, 0.3) is 0 Å². The van der Waals surface area contributed by atoms with E-state index in [4.69, 9.17) is 4.74 Å². The summed E-state index contributed by atoms with van der Waals surface area (Å²) in [6, 6.07) is 12.8. The Morgan fingerprint density at radius 1 is 1.18 bits per heavy atom. The predicted octanol–water partition coefficient (Wildman–Crippen LogP) is 5.30. The lowest BCUT2D eigenvalue weighted by Gasteiger charge is -2.35. The third-order valence-corrected chi connectivity index (χ3v) is 8.51. The maximum absolute atomic E-state index is 13.4. The highest BCUT2D eigenvalue weighted by Crippen LogP contribution is 2.29. The lowest BCUT2D eigenvalue weighted by molar-refractivity contribution is -0.121. The third kappa shape index (κ3) is 6.96. The number of rotatable bonds is 11. The van der Waals surface area contributed by atoms with Gasteiger partial charge < -0.3 is 20.1 Å². The minimum Gasteiger partial charge on any atom is -0.506 e. The molecule has 2 aromatic carbocycles. The van der Waals surface area contributed by atoms with Gasteiger partial charge in [-0.2, -0.15) is 0 Å². The molecule has 9 heteroatoms. The van der Waals surface area contributed by atoms with Crippen LogP contribution in [-0.4, -0.2) is 51.6 Å². The van der Waals surface area contributed by atoms with Gasteiger partial charge in [-0.1, -0.05) is 80.0 Å². The summed E-state index contributed by atoms with van der Waals surface area (Å²) < 4.78 is 6.39. The van der Waals surface area contributed by atoms with Crippen LogP contribution in [-0.2, 0) is 22.5 Å². The summed E-state index contributed by atoms with van der Waals surface area (Å²) in [6.07, 6.45) is 7.09. The number of carbonyl (C=O) groups is 2. The molecule has 0 bridgehead atoms. The number of aromatic amines is 1. The van der Waals surface area contributed by atoms with Crippen LogP contribution in [0.15, 0.2) is 59.9 Å². The smallest absolute Gasteiger partial charge is 0.410 e. The van der Waals surface area contributed by atoms with E-state index in [0.29, 0.717) is 29.7 Å². The van der Waals surface area contributed by atoms with E-state index in [1.807, 2.05) is 37.3 Å². The van der Waals surface area contributed by atoms with Crippen molar-refractivity contribution in [2.75, 3.05) is 13.2 Å². The molecule has 1 heterocycles. The number of amides is 1. The van der Waals surface area contributed by atoms with Crippen LogP contribution in [0.3, 0.4) is 0 Å². The average molecular weight is 552 g/mol. The molecule has 1 amide bonds. The van der Waals surface area contributed by atoms with Gasteiger partial charge in [-0.05, 0) is 43.0 Å². The molecule has 1 saturated carbocycles. The number of phenols is 1. The van der Waals surface area contributed by atoms with E-state index >= 15 is 0 Å². The number of hydrogen-bond donors (Lipinski definition) is 3. The maximum atomic E-state index is 13.4. The van der Waals surface area contributed by atoms with Crippen molar-refractivity contribution in [3.63, 3.8) is 0 Å². The molecule has 3 N–H and O–H groups in total. The molecule has 1 aliphatic rings. The van der Waals surface area contributed by atoms with E-state index in [-0.39, 0.29) is 29.1 Å². The number of nitrogens with zero attached hydrogens (tertiary/aromatic N) is 1. The second kappa shape index (κ2) is 13.1. The number of H-pyrrole nitrogens is 1. The summed E-state index contributed by atoms with van der Waals surface area (Å²) in [5.41, 5.74) is 1.56. The number of carbonyl (C=O) groups excluding carboxylic acids is 2. The molecule has 0 radical (unpaired) electrons. The third-order valence-electron chi connectivity index (χ3n) is 7.55. The number of fused-ring (bicyclic) bond motifs is 1.